The first-order valence-corrected chi connectivity index (χ1v) is 7.66. The maximum atomic E-state index is 12.7. The van der Waals surface area contributed by atoms with Crippen molar-refractivity contribution in [2.45, 2.75) is 4.83 Å². The highest BCUT2D eigenvalue weighted by Gasteiger charge is 2.13. The largest absolute Gasteiger partial charge is 0.288 e. The first-order chi connectivity index (χ1) is 9.22. The van der Waals surface area contributed by atoms with Crippen LogP contribution in [0.3, 0.4) is 0 Å². The summed E-state index contributed by atoms with van der Waals surface area (Å²) in [6.07, 6.45) is 1.80. The number of hydrogen-bond donors (Lipinski definition) is 0. The third-order valence-electron chi connectivity index (χ3n) is 3.14. The lowest BCUT2D eigenvalue weighted by molar-refractivity contribution is 1.29. The fraction of sp³-hybridized carbons (Fsp3) is 0.0625. The van der Waals surface area contributed by atoms with E-state index in [1.54, 1.807) is 17.4 Å². The minimum atomic E-state index is -0.00253. The van der Waals surface area contributed by atoms with Gasteiger partial charge in [0.05, 0.1) is 4.83 Å². The Bertz CT molecular complexity index is 835. The highest BCUT2D eigenvalue weighted by atomic mass is 79.9. The number of rotatable bonds is 2. The highest BCUT2D eigenvalue weighted by Crippen LogP contribution is 2.32. The lowest BCUT2D eigenvalue weighted by Gasteiger charge is -2.09. The lowest BCUT2D eigenvalue weighted by Crippen LogP contribution is -2.04. The quantitative estimate of drug-likeness (QED) is 0.365. The van der Waals surface area contributed by atoms with E-state index >= 15 is 0 Å². The van der Waals surface area contributed by atoms with Gasteiger partial charge >= 0.3 is 0 Å². The van der Waals surface area contributed by atoms with Gasteiger partial charge in [0.15, 0.2) is 5.43 Å². The van der Waals surface area contributed by atoms with Crippen LogP contribution in [0.15, 0.2) is 59.9 Å². The minimum absolute atomic E-state index is 0.00253. The van der Waals surface area contributed by atoms with Crippen LogP contribution in [0, 0.1) is 0 Å². The van der Waals surface area contributed by atoms with Crippen molar-refractivity contribution in [2.75, 3.05) is 0 Å². The Morgan fingerprint density at radius 1 is 1.11 bits per heavy atom. The van der Waals surface area contributed by atoms with Crippen molar-refractivity contribution in [3.05, 3.63) is 70.9 Å². The van der Waals surface area contributed by atoms with E-state index in [1.807, 2.05) is 42.5 Å². The highest BCUT2D eigenvalue weighted by molar-refractivity contribution is 9.09. The molecule has 3 aromatic rings. The van der Waals surface area contributed by atoms with Crippen LogP contribution >= 0.6 is 27.3 Å². The maximum Gasteiger partial charge on any atom is 0.196 e. The van der Waals surface area contributed by atoms with Gasteiger partial charge in [-0.2, -0.15) is 0 Å². The Balaban J connectivity index is 2.53. The van der Waals surface area contributed by atoms with Crippen molar-refractivity contribution in [1.29, 1.82) is 0 Å². The molecular formula is C16H11BrOS. The van der Waals surface area contributed by atoms with Gasteiger partial charge < -0.3 is 0 Å². The van der Waals surface area contributed by atoms with E-state index in [-0.39, 0.29) is 10.3 Å². The second-order valence-corrected chi connectivity index (χ2v) is 6.36. The molecule has 1 heterocycles. The molecule has 1 atom stereocenters. The molecular weight excluding hydrogens is 320 g/mol. The van der Waals surface area contributed by atoms with Gasteiger partial charge in [0.2, 0.25) is 0 Å². The van der Waals surface area contributed by atoms with Crippen LogP contribution in [-0.2, 0) is 0 Å². The molecule has 0 N–H and O–H groups in total. The number of halogens is 1. The van der Waals surface area contributed by atoms with E-state index in [2.05, 4.69) is 22.5 Å². The third kappa shape index (κ3) is 2.03. The van der Waals surface area contributed by atoms with Crippen LogP contribution in [0.4, 0.5) is 0 Å². The molecule has 0 saturated carbocycles. The summed E-state index contributed by atoms with van der Waals surface area (Å²) in [5.41, 5.74) is 1.09. The summed E-state index contributed by atoms with van der Waals surface area (Å²) in [4.78, 5) is 12.7. The van der Waals surface area contributed by atoms with Crippen molar-refractivity contribution < 1.29 is 0 Å². The van der Waals surface area contributed by atoms with Crippen LogP contribution in [0.2, 0.25) is 0 Å². The molecule has 0 aliphatic heterocycles. The zero-order chi connectivity index (χ0) is 13.4. The molecule has 0 spiro atoms. The van der Waals surface area contributed by atoms with Gasteiger partial charge in [-0.15, -0.1) is 17.9 Å². The molecule has 1 unspecified atom stereocenters. The Labute approximate surface area is 123 Å². The van der Waals surface area contributed by atoms with E-state index < -0.39 is 0 Å². The standard InChI is InChI=1S/C16H11BrOS/c1-2-12(17)10-7-5-9-14-15(10)16(18)11-6-3-4-8-13(11)19-14/h2-9,12H,1H2. The predicted molar refractivity (Wildman–Crippen MR) is 87.5 cm³/mol. The van der Waals surface area contributed by atoms with Crippen molar-refractivity contribution in [2.24, 2.45) is 0 Å². The second kappa shape index (κ2) is 4.91. The van der Waals surface area contributed by atoms with Gasteiger partial charge in [-0.3, -0.25) is 4.79 Å². The summed E-state index contributed by atoms with van der Waals surface area (Å²) in [7, 11) is 0. The SMILES string of the molecule is C=CC(Br)c1cccc2sc3ccccc3c(=O)c12. The fourth-order valence-electron chi connectivity index (χ4n) is 2.23. The first kappa shape index (κ1) is 12.6. The Kier molecular flexibility index (Phi) is 3.25. The average Bonchev–Trinajstić information content (AvgIpc) is 2.46. The van der Waals surface area contributed by atoms with E-state index in [0.717, 1.165) is 25.7 Å². The Morgan fingerprint density at radius 2 is 1.84 bits per heavy atom. The van der Waals surface area contributed by atoms with Gasteiger partial charge in [-0.1, -0.05) is 46.3 Å². The molecule has 0 fully saturated rings. The van der Waals surface area contributed by atoms with Gasteiger partial charge in [0.25, 0.3) is 0 Å². The topological polar surface area (TPSA) is 17.1 Å². The van der Waals surface area contributed by atoms with Crippen LogP contribution in [0.25, 0.3) is 20.2 Å². The zero-order valence-corrected chi connectivity index (χ0v) is 12.5. The molecule has 94 valence electrons. The molecule has 1 nitrogen and oxygen atoms in total. The molecule has 0 bridgehead atoms. The Morgan fingerprint density at radius 3 is 2.63 bits per heavy atom. The zero-order valence-electron chi connectivity index (χ0n) is 10.1. The van der Waals surface area contributed by atoms with E-state index in [4.69, 9.17) is 0 Å². The summed E-state index contributed by atoms with van der Waals surface area (Å²) in [5, 5.41) is 1.59. The second-order valence-electron chi connectivity index (χ2n) is 4.29. The third-order valence-corrected chi connectivity index (χ3v) is 5.14. The van der Waals surface area contributed by atoms with Gasteiger partial charge in [0.1, 0.15) is 0 Å². The molecule has 0 radical (unpaired) electrons. The summed E-state index contributed by atoms with van der Waals surface area (Å²) in [5.74, 6) is 0. The van der Waals surface area contributed by atoms with Crippen molar-refractivity contribution in [1.82, 2.24) is 0 Å². The summed E-state index contributed by atoms with van der Waals surface area (Å²) >= 11 is 5.20. The maximum absolute atomic E-state index is 12.7. The molecule has 19 heavy (non-hydrogen) atoms. The van der Waals surface area contributed by atoms with Crippen molar-refractivity contribution in [3.8, 4) is 0 Å². The molecule has 0 aliphatic carbocycles. The van der Waals surface area contributed by atoms with E-state index in [9.17, 15) is 4.79 Å². The minimum Gasteiger partial charge on any atom is -0.288 e. The van der Waals surface area contributed by atoms with Crippen LogP contribution in [0.5, 0.6) is 0 Å². The number of hydrogen-bond acceptors (Lipinski definition) is 2. The average molecular weight is 331 g/mol. The number of fused-ring (bicyclic) bond motifs is 2. The van der Waals surface area contributed by atoms with E-state index in [0.29, 0.717) is 0 Å². The molecule has 2 aromatic carbocycles. The monoisotopic (exact) mass is 330 g/mol. The van der Waals surface area contributed by atoms with E-state index in [1.165, 1.54) is 0 Å². The molecule has 0 saturated heterocycles. The normalized spacial score (nSPS) is 12.7. The molecule has 0 aliphatic rings. The summed E-state index contributed by atoms with van der Waals surface area (Å²) < 4.78 is 2.05. The molecule has 0 amide bonds. The molecule has 3 rings (SSSR count). The van der Waals surface area contributed by atoms with Gasteiger partial charge in [-0.25, -0.2) is 0 Å². The predicted octanol–water partition coefficient (Wildman–Crippen LogP) is 5.04. The number of allylic oxidation sites excluding steroid dienone is 1. The van der Waals surface area contributed by atoms with Crippen molar-refractivity contribution >= 4 is 47.4 Å². The first-order valence-electron chi connectivity index (χ1n) is 5.93. The van der Waals surface area contributed by atoms with Gasteiger partial charge in [0, 0.05) is 20.2 Å². The van der Waals surface area contributed by atoms with Crippen LogP contribution in [-0.4, -0.2) is 0 Å². The number of alkyl halides is 1. The molecule has 1 aromatic heterocycles. The van der Waals surface area contributed by atoms with Crippen LogP contribution < -0.4 is 5.43 Å². The van der Waals surface area contributed by atoms with Crippen LogP contribution in [0.1, 0.15) is 10.4 Å². The smallest absolute Gasteiger partial charge is 0.196 e. The summed E-state index contributed by atoms with van der Waals surface area (Å²) in [6, 6.07) is 13.7. The van der Waals surface area contributed by atoms with Gasteiger partial charge in [-0.05, 0) is 23.8 Å². The Hall–Kier alpha value is -1.45. The molecule has 3 heteroatoms. The van der Waals surface area contributed by atoms with Crippen molar-refractivity contribution in [3.63, 3.8) is 0 Å². The lowest BCUT2D eigenvalue weighted by atomic mass is 10.1. The number of benzene rings is 2. The fourth-order valence-corrected chi connectivity index (χ4v) is 3.72. The summed E-state index contributed by atoms with van der Waals surface area (Å²) in [6.45, 7) is 3.79.